The number of Topliss-reactive ketones (excluding diaryl/α,β-unsaturated/α-hetero) is 1. The zero-order chi connectivity index (χ0) is 11.3. The molecular weight excluding hydrogens is 216 g/mol. The molecule has 1 atom stereocenters. The summed E-state index contributed by atoms with van der Waals surface area (Å²) in [7, 11) is 2.88. The lowest BCUT2D eigenvalue weighted by Crippen LogP contribution is -2.46. The maximum absolute atomic E-state index is 11.9. The molecular formula is C10H16O4S. The standard InChI is InChI=1S/C10H16O4S/c1-13-5-4-10(9(12)14-2)7-15-6-3-8(10)11/h3-7H2,1-2H3. The number of ketones is 1. The van der Waals surface area contributed by atoms with Crippen molar-refractivity contribution in [3.8, 4) is 0 Å². The number of hydrogen-bond donors (Lipinski definition) is 0. The first-order valence-corrected chi connectivity index (χ1v) is 6.01. The predicted molar refractivity (Wildman–Crippen MR) is 57.9 cm³/mol. The Labute approximate surface area is 93.7 Å². The van der Waals surface area contributed by atoms with Crippen LogP contribution in [-0.4, -0.2) is 44.1 Å². The van der Waals surface area contributed by atoms with Crippen LogP contribution in [0.25, 0.3) is 0 Å². The van der Waals surface area contributed by atoms with Gasteiger partial charge in [0.05, 0.1) is 7.11 Å². The van der Waals surface area contributed by atoms with Gasteiger partial charge in [-0.05, 0) is 6.42 Å². The molecule has 86 valence electrons. The molecule has 5 heteroatoms. The van der Waals surface area contributed by atoms with Crippen LogP contribution < -0.4 is 0 Å². The van der Waals surface area contributed by atoms with E-state index in [1.165, 1.54) is 7.11 Å². The Bertz CT molecular complexity index is 244. The van der Waals surface area contributed by atoms with E-state index in [4.69, 9.17) is 9.47 Å². The van der Waals surface area contributed by atoms with Crippen molar-refractivity contribution in [3.63, 3.8) is 0 Å². The van der Waals surface area contributed by atoms with E-state index in [0.717, 1.165) is 5.75 Å². The van der Waals surface area contributed by atoms with Crippen LogP contribution in [0.3, 0.4) is 0 Å². The Morgan fingerprint density at radius 2 is 2.27 bits per heavy atom. The lowest BCUT2D eigenvalue weighted by atomic mass is 9.80. The maximum atomic E-state index is 11.9. The zero-order valence-corrected chi connectivity index (χ0v) is 9.89. The van der Waals surface area contributed by atoms with Crippen LogP contribution in [0, 0.1) is 5.41 Å². The van der Waals surface area contributed by atoms with E-state index in [1.807, 2.05) is 0 Å². The predicted octanol–water partition coefficient (Wildman–Crippen LogP) is 0.888. The van der Waals surface area contributed by atoms with E-state index < -0.39 is 11.4 Å². The van der Waals surface area contributed by atoms with Crippen molar-refractivity contribution >= 4 is 23.5 Å². The monoisotopic (exact) mass is 232 g/mol. The van der Waals surface area contributed by atoms with Gasteiger partial charge in [0.25, 0.3) is 0 Å². The van der Waals surface area contributed by atoms with Crippen molar-refractivity contribution in [2.45, 2.75) is 12.8 Å². The fourth-order valence-electron chi connectivity index (χ4n) is 1.69. The molecule has 0 N–H and O–H groups in total. The van der Waals surface area contributed by atoms with Gasteiger partial charge < -0.3 is 9.47 Å². The second kappa shape index (κ2) is 5.51. The third-order valence-electron chi connectivity index (χ3n) is 2.66. The Kier molecular flexibility index (Phi) is 4.60. The highest BCUT2D eigenvalue weighted by molar-refractivity contribution is 7.99. The highest BCUT2D eigenvalue weighted by Crippen LogP contribution is 2.35. The summed E-state index contributed by atoms with van der Waals surface area (Å²) in [5.41, 5.74) is -0.965. The molecule has 0 bridgehead atoms. The van der Waals surface area contributed by atoms with Crippen LogP contribution in [0.5, 0.6) is 0 Å². The molecule has 0 aromatic rings. The van der Waals surface area contributed by atoms with E-state index >= 15 is 0 Å². The normalized spacial score (nSPS) is 26.4. The van der Waals surface area contributed by atoms with Crippen LogP contribution >= 0.6 is 11.8 Å². The van der Waals surface area contributed by atoms with Gasteiger partial charge in [-0.25, -0.2) is 0 Å². The Hall–Kier alpha value is -0.550. The van der Waals surface area contributed by atoms with Crippen molar-refractivity contribution in [2.24, 2.45) is 5.41 Å². The number of carbonyl (C=O) groups excluding carboxylic acids is 2. The summed E-state index contributed by atoms with van der Waals surface area (Å²) in [6.45, 7) is 0.404. The molecule has 1 saturated heterocycles. The highest BCUT2D eigenvalue weighted by Gasteiger charge is 2.47. The van der Waals surface area contributed by atoms with Crippen LogP contribution in [-0.2, 0) is 19.1 Å². The molecule has 15 heavy (non-hydrogen) atoms. The zero-order valence-electron chi connectivity index (χ0n) is 9.08. The summed E-state index contributed by atoms with van der Waals surface area (Å²) >= 11 is 1.62. The molecule has 1 aliphatic rings. The second-order valence-electron chi connectivity index (χ2n) is 3.54. The molecule has 0 saturated carbocycles. The van der Waals surface area contributed by atoms with Gasteiger partial charge in [0.15, 0.2) is 5.78 Å². The summed E-state index contributed by atoms with van der Waals surface area (Å²) in [6.07, 6.45) is 0.867. The topological polar surface area (TPSA) is 52.6 Å². The van der Waals surface area contributed by atoms with Gasteiger partial charge in [0.1, 0.15) is 5.41 Å². The van der Waals surface area contributed by atoms with Crippen molar-refractivity contribution in [1.29, 1.82) is 0 Å². The summed E-state index contributed by atoms with van der Waals surface area (Å²) in [4.78, 5) is 23.5. The minimum atomic E-state index is -0.965. The second-order valence-corrected chi connectivity index (χ2v) is 4.65. The number of rotatable bonds is 4. The summed E-state index contributed by atoms with van der Waals surface area (Å²) < 4.78 is 9.68. The average Bonchev–Trinajstić information content (AvgIpc) is 2.27. The molecule has 0 spiro atoms. The third-order valence-corrected chi connectivity index (χ3v) is 3.85. The summed E-state index contributed by atoms with van der Waals surface area (Å²) in [5.74, 6) is 0.883. The lowest BCUT2D eigenvalue weighted by Gasteiger charge is -2.32. The molecule has 1 heterocycles. The van der Waals surface area contributed by atoms with E-state index in [9.17, 15) is 9.59 Å². The van der Waals surface area contributed by atoms with Crippen LogP contribution in [0.4, 0.5) is 0 Å². The molecule has 0 aliphatic carbocycles. The van der Waals surface area contributed by atoms with Crippen molar-refractivity contribution in [3.05, 3.63) is 0 Å². The number of ether oxygens (including phenoxy) is 2. The quantitative estimate of drug-likeness (QED) is 0.532. The van der Waals surface area contributed by atoms with Gasteiger partial charge in [-0.15, -0.1) is 0 Å². The lowest BCUT2D eigenvalue weighted by molar-refractivity contribution is -0.157. The molecule has 0 aromatic heterocycles. The van der Waals surface area contributed by atoms with Gasteiger partial charge >= 0.3 is 5.97 Å². The fourth-order valence-corrected chi connectivity index (χ4v) is 2.93. The van der Waals surface area contributed by atoms with Crippen molar-refractivity contribution < 1.29 is 19.1 Å². The number of hydrogen-bond acceptors (Lipinski definition) is 5. The first-order chi connectivity index (χ1) is 7.17. The van der Waals surface area contributed by atoms with Gasteiger partial charge in [-0.2, -0.15) is 11.8 Å². The first kappa shape index (κ1) is 12.5. The molecule has 1 rings (SSSR count). The maximum Gasteiger partial charge on any atom is 0.320 e. The molecule has 4 nitrogen and oxygen atoms in total. The largest absolute Gasteiger partial charge is 0.468 e. The van der Waals surface area contributed by atoms with Crippen LogP contribution in [0.2, 0.25) is 0 Å². The Morgan fingerprint density at radius 3 is 2.80 bits per heavy atom. The summed E-state index contributed by atoms with van der Waals surface area (Å²) in [5, 5.41) is 0. The van der Waals surface area contributed by atoms with E-state index in [2.05, 4.69) is 0 Å². The SMILES string of the molecule is COCCC1(C(=O)OC)CSCCC1=O. The molecule has 0 aromatic carbocycles. The summed E-state index contributed by atoms with van der Waals surface area (Å²) in [6, 6.07) is 0. The van der Waals surface area contributed by atoms with Crippen molar-refractivity contribution in [1.82, 2.24) is 0 Å². The molecule has 0 radical (unpaired) electrons. The average molecular weight is 232 g/mol. The number of thioether (sulfide) groups is 1. The Morgan fingerprint density at radius 1 is 1.53 bits per heavy atom. The van der Waals surface area contributed by atoms with Crippen LogP contribution in [0.1, 0.15) is 12.8 Å². The minimum Gasteiger partial charge on any atom is -0.468 e. The smallest absolute Gasteiger partial charge is 0.320 e. The fraction of sp³-hybridized carbons (Fsp3) is 0.800. The number of esters is 1. The van der Waals surface area contributed by atoms with Gasteiger partial charge in [0.2, 0.25) is 0 Å². The molecule has 1 unspecified atom stereocenters. The van der Waals surface area contributed by atoms with E-state index in [0.29, 0.717) is 25.2 Å². The van der Waals surface area contributed by atoms with Gasteiger partial charge in [-0.1, -0.05) is 0 Å². The molecule has 1 fully saturated rings. The minimum absolute atomic E-state index is 0.00912. The molecule has 0 amide bonds. The first-order valence-electron chi connectivity index (χ1n) is 4.86. The number of methoxy groups -OCH3 is 2. The Balaban J connectivity index is 2.82. The van der Waals surface area contributed by atoms with Gasteiger partial charge in [-0.3, -0.25) is 9.59 Å². The highest BCUT2D eigenvalue weighted by atomic mass is 32.2. The van der Waals surface area contributed by atoms with Gasteiger partial charge in [0, 0.05) is 31.6 Å². The van der Waals surface area contributed by atoms with E-state index in [1.54, 1.807) is 18.9 Å². The van der Waals surface area contributed by atoms with E-state index in [-0.39, 0.29) is 5.78 Å². The molecule has 1 aliphatic heterocycles. The van der Waals surface area contributed by atoms with Crippen LogP contribution in [0.15, 0.2) is 0 Å². The third kappa shape index (κ3) is 2.52. The number of carbonyl (C=O) groups is 2. The van der Waals surface area contributed by atoms with Crippen molar-refractivity contribution in [2.75, 3.05) is 32.3 Å².